The minimum atomic E-state index is -0.688. The number of nitrogens with two attached hydrogens (primary N) is 1. The molecule has 0 bridgehead atoms. The van der Waals surface area contributed by atoms with Crippen molar-refractivity contribution >= 4 is 28.9 Å². The summed E-state index contributed by atoms with van der Waals surface area (Å²) in [6, 6.07) is 15.0. The summed E-state index contributed by atoms with van der Waals surface area (Å²) in [6.45, 7) is -0.0489. The van der Waals surface area contributed by atoms with E-state index in [-0.39, 0.29) is 46.1 Å². The standard InChI is InChI=1S/C23H15N3O4/c24-20-17(23(29)30-12-13-11-26-10-4-3-7-18(26)25-13)9-8-16-19(20)22(28)15-6-2-1-5-14(15)21(16)27/h1-11H,12,24H2. The predicted octanol–water partition coefficient (Wildman–Crippen LogP) is 3.05. The quantitative estimate of drug-likeness (QED) is 0.371. The Morgan fingerprint density at radius 2 is 1.67 bits per heavy atom. The second-order valence-corrected chi connectivity index (χ2v) is 6.93. The SMILES string of the molecule is Nc1c(C(=O)OCc2cn3ccccc3n2)ccc2c1C(=O)c1ccccc1C2=O. The van der Waals surface area contributed by atoms with E-state index in [1.165, 1.54) is 12.1 Å². The van der Waals surface area contributed by atoms with Crippen LogP contribution in [0.1, 0.15) is 47.9 Å². The molecule has 2 heterocycles. The Kier molecular flexibility index (Phi) is 3.96. The summed E-state index contributed by atoms with van der Waals surface area (Å²) in [4.78, 5) is 42.7. The molecule has 2 aromatic heterocycles. The van der Waals surface area contributed by atoms with Gasteiger partial charge in [-0.05, 0) is 24.3 Å². The van der Waals surface area contributed by atoms with Gasteiger partial charge in [-0.25, -0.2) is 9.78 Å². The van der Waals surface area contributed by atoms with Crippen LogP contribution in [0.5, 0.6) is 0 Å². The molecule has 146 valence electrons. The van der Waals surface area contributed by atoms with Crippen LogP contribution in [-0.4, -0.2) is 26.9 Å². The van der Waals surface area contributed by atoms with Gasteiger partial charge in [0, 0.05) is 29.1 Å². The molecule has 0 fully saturated rings. The molecule has 0 aliphatic heterocycles. The predicted molar refractivity (Wildman–Crippen MR) is 108 cm³/mol. The third-order valence-electron chi connectivity index (χ3n) is 5.12. The topological polar surface area (TPSA) is 104 Å². The van der Waals surface area contributed by atoms with Crippen molar-refractivity contribution in [1.82, 2.24) is 9.38 Å². The van der Waals surface area contributed by atoms with Crippen molar-refractivity contribution in [1.29, 1.82) is 0 Å². The van der Waals surface area contributed by atoms with Crippen molar-refractivity contribution in [2.75, 3.05) is 5.73 Å². The average molecular weight is 397 g/mol. The van der Waals surface area contributed by atoms with Gasteiger partial charge >= 0.3 is 5.97 Å². The lowest BCUT2D eigenvalue weighted by Gasteiger charge is -2.20. The third-order valence-corrected chi connectivity index (χ3v) is 5.12. The maximum atomic E-state index is 12.9. The van der Waals surface area contributed by atoms with Crippen molar-refractivity contribution in [2.45, 2.75) is 6.61 Å². The van der Waals surface area contributed by atoms with Crippen molar-refractivity contribution in [3.05, 3.63) is 101 Å². The maximum absolute atomic E-state index is 12.9. The van der Waals surface area contributed by atoms with Gasteiger partial charge in [-0.1, -0.05) is 30.3 Å². The zero-order valence-electron chi connectivity index (χ0n) is 15.7. The lowest BCUT2D eigenvalue weighted by Crippen LogP contribution is -2.24. The highest BCUT2D eigenvalue weighted by atomic mass is 16.5. The first kappa shape index (κ1) is 17.8. The first-order valence-electron chi connectivity index (χ1n) is 9.25. The molecule has 0 spiro atoms. The summed E-state index contributed by atoms with van der Waals surface area (Å²) in [5.74, 6) is -1.37. The molecule has 0 unspecified atom stereocenters. The van der Waals surface area contributed by atoms with Gasteiger partial charge in [0.15, 0.2) is 11.6 Å². The first-order chi connectivity index (χ1) is 14.5. The van der Waals surface area contributed by atoms with E-state index in [1.807, 2.05) is 28.8 Å². The maximum Gasteiger partial charge on any atom is 0.340 e. The van der Waals surface area contributed by atoms with Crippen LogP contribution in [0.4, 0.5) is 5.69 Å². The van der Waals surface area contributed by atoms with Crippen molar-refractivity contribution in [3.8, 4) is 0 Å². The Bertz CT molecular complexity index is 1340. The van der Waals surface area contributed by atoms with E-state index in [4.69, 9.17) is 10.5 Å². The number of anilines is 1. The normalized spacial score (nSPS) is 12.5. The van der Waals surface area contributed by atoms with E-state index in [2.05, 4.69) is 4.98 Å². The molecule has 2 N–H and O–H groups in total. The number of hydrogen-bond donors (Lipinski definition) is 1. The highest BCUT2D eigenvalue weighted by Gasteiger charge is 2.33. The fraction of sp³-hybridized carbons (Fsp3) is 0.0435. The lowest BCUT2D eigenvalue weighted by molar-refractivity contribution is 0.0469. The summed E-state index contributed by atoms with van der Waals surface area (Å²) in [6.07, 6.45) is 3.60. The number of ketones is 2. The Labute approximate surface area is 170 Å². The largest absolute Gasteiger partial charge is 0.455 e. The molecule has 30 heavy (non-hydrogen) atoms. The monoisotopic (exact) mass is 397 g/mol. The number of rotatable bonds is 3. The molecule has 0 saturated heterocycles. The van der Waals surface area contributed by atoms with Gasteiger partial charge < -0.3 is 14.9 Å². The van der Waals surface area contributed by atoms with Crippen molar-refractivity contribution in [2.24, 2.45) is 0 Å². The highest BCUT2D eigenvalue weighted by Crippen LogP contribution is 2.33. The van der Waals surface area contributed by atoms with Gasteiger partial charge in [0.1, 0.15) is 12.3 Å². The number of hydrogen-bond acceptors (Lipinski definition) is 6. The lowest BCUT2D eigenvalue weighted by atomic mass is 9.82. The molecule has 1 aliphatic rings. The fourth-order valence-electron chi connectivity index (χ4n) is 3.66. The van der Waals surface area contributed by atoms with Crippen LogP contribution >= 0.6 is 0 Å². The zero-order chi connectivity index (χ0) is 20.8. The molecule has 7 heteroatoms. The summed E-state index contributed by atoms with van der Waals surface area (Å²) in [5.41, 5.74) is 8.28. The summed E-state index contributed by atoms with van der Waals surface area (Å²) >= 11 is 0. The van der Waals surface area contributed by atoms with E-state index in [0.717, 1.165) is 5.65 Å². The number of imidazole rings is 1. The number of nitrogen functional groups attached to an aromatic ring is 1. The molecule has 7 nitrogen and oxygen atoms in total. The fourth-order valence-corrected chi connectivity index (χ4v) is 3.66. The van der Waals surface area contributed by atoms with Crippen LogP contribution in [0.3, 0.4) is 0 Å². The summed E-state index contributed by atoms with van der Waals surface area (Å²) in [5, 5.41) is 0. The Hall–Kier alpha value is -4.26. The van der Waals surface area contributed by atoms with Gasteiger partial charge in [0.2, 0.25) is 0 Å². The molecule has 1 aliphatic carbocycles. The van der Waals surface area contributed by atoms with Crippen LogP contribution in [-0.2, 0) is 11.3 Å². The Morgan fingerprint density at radius 1 is 0.933 bits per heavy atom. The third kappa shape index (κ3) is 2.68. The van der Waals surface area contributed by atoms with Crippen molar-refractivity contribution in [3.63, 3.8) is 0 Å². The first-order valence-corrected chi connectivity index (χ1v) is 9.25. The number of benzene rings is 2. The molecule has 0 amide bonds. The second kappa shape index (κ2) is 6.66. The number of ether oxygens (including phenoxy) is 1. The molecule has 5 rings (SSSR count). The summed E-state index contributed by atoms with van der Waals surface area (Å²) in [7, 11) is 0. The van der Waals surface area contributed by atoms with Crippen LogP contribution in [0.15, 0.2) is 67.0 Å². The van der Waals surface area contributed by atoms with E-state index >= 15 is 0 Å². The molecule has 2 aromatic carbocycles. The van der Waals surface area contributed by atoms with Gasteiger partial charge in [-0.2, -0.15) is 0 Å². The van der Waals surface area contributed by atoms with E-state index in [0.29, 0.717) is 11.3 Å². The molecular weight excluding hydrogens is 382 g/mol. The number of nitrogens with zero attached hydrogens (tertiary/aromatic N) is 2. The van der Waals surface area contributed by atoms with E-state index < -0.39 is 5.97 Å². The number of aromatic nitrogens is 2. The number of fused-ring (bicyclic) bond motifs is 3. The summed E-state index contributed by atoms with van der Waals surface area (Å²) < 4.78 is 7.17. The molecule has 0 atom stereocenters. The molecule has 4 aromatic rings. The van der Waals surface area contributed by atoms with Crippen LogP contribution in [0.2, 0.25) is 0 Å². The Balaban J connectivity index is 1.45. The minimum absolute atomic E-state index is 0.0399. The van der Waals surface area contributed by atoms with Crippen LogP contribution in [0.25, 0.3) is 5.65 Å². The molecule has 0 saturated carbocycles. The number of esters is 1. The number of carbonyl (C=O) groups is 3. The second-order valence-electron chi connectivity index (χ2n) is 6.93. The average Bonchev–Trinajstić information content (AvgIpc) is 3.19. The van der Waals surface area contributed by atoms with Crippen LogP contribution in [0, 0.1) is 0 Å². The van der Waals surface area contributed by atoms with E-state index in [1.54, 1.807) is 30.5 Å². The molecular formula is C23H15N3O4. The highest BCUT2D eigenvalue weighted by molar-refractivity contribution is 6.30. The minimum Gasteiger partial charge on any atom is -0.455 e. The van der Waals surface area contributed by atoms with Crippen molar-refractivity contribution < 1.29 is 19.1 Å². The molecule has 0 radical (unpaired) electrons. The van der Waals surface area contributed by atoms with Gasteiger partial charge in [0.05, 0.1) is 22.5 Å². The Morgan fingerprint density at radius 3 is 2.43 bits per heavy atom. The number of pyridine rings is 1. The van der Waals surface area contributed by atoms with Gasteiger partial charge in [-0.3, -0.25) is 9.59 Å². The van der Waals surface area contributed by atoms with E-state index in [9.17, 15) is 14.4 Å². The van der Waals surface area contributed by atoms with Gasteiger partial charge in [-0.15, -0.1) is 0 Å². The van der Waals surface area contributed by atoms with Gasteiger partial charge in [0.25, 0.3) is 0 Å². The number of carbonyl (C=O) groups excluding carboxylic acids is 3. The van der Waals surface area contributed by atoms with Crippen LogP contribution < -0.4 is 5.73 Å². The zero-order valence-corrected chi connectivity index (χ0v) is 15.7. The smallest absolute Gasteiger partial charge is 0.340 e.